The number of amides is 2. The van der Waals surface area contributed by atoms with Crippen LogP contribution in [0.3, 0.4) is 0 Å². The molecular weight excluding hydrogens is 487 g/mol. The lowest BCUT2D eigenvalue weighted by Crippen LogP contribution is -2.34. The Bertz CT molecular complexity index is 1360. The van der Waals surface area contributed by atoms with E-state index in [4.69, 9.17) is 10.5 Å². The quantitative estimate of drug-likeness (QED) is 0.244. The first kappa shape index (κ1) is 26.1. The van der Waals surface area contributed by atoms with Crippen molar-refractivity contribution in [2.75, 3.05) is 5.32 Å². The predicted molar refractivity (Wildman–Crippen MR) is 122 cm³/mol. The van der Waals surface area contributed by atoms with Gasteiger partial charge in [-0.15, -0.1) is 0 Å². The van der Waals surface area contributed by atoms with Crippen molar-refractivity contribution in [2.24, 2.45) is 10.7 Å². The van der Waals surface area contributed by atoms with Crippen LogP contribution >= 0.6 is 0 Å². The van der Waals surface area contributed by atoms with Gasteiger partial charge in [0.05, 0.1) is 11.1 Å². The number of benzene rings is 3. The van der Waals surface area contributed by atoms with Crippen molar-refractivity contribution in [1.29, 1.82) is 0 Å². The van der Waals surface area contributed by atoms with E-state index in [2.05, 4.69) is 15.6 Å². The maximum Gasteiger partial charge on any atom is 0.416 e. The molecule has 188 valence electrons. The number of anilines is 1. The van der Waals surface area contributed by atoms with Gasteiger partial charge in [0.15, 0.2) is 0 Å². The van der Waals surface area contributed by atoms with Gasteiger partial charge in [-0.3, -0.25) is 14.9 Å². The van der Waals surface area contributed by atoms with E-state index in [1.54, 1.807) is 0 Å². The number of guanidine groups is 1. The second-order valence-corrected chi connectivity index (χ2v) is 7.52. The van der Waals surface area contributed by atoms with E-state index in [0.717, 1.165) is 49.4 Å². The highest BCUT2D eigenvalue weighted by atomic mass is 19.4. The molecule has 3 aromatic rings. The average Bonchev–Trinajstić information content (AvgIpc) is 2.76. The maximum atomic E-state index is 14.1. The predicted octanol–water partition coefficient (Wildman–Crippen LogP) is 5.42. The topological polar surface area (TPSA) is 106 Å². The van der Waals surface area contributed by atoms with Gasteiger partial charge in [-0.25, -0.2) is 13.8 Å². The maximum absolute atomic E-state index is 14.1. The third kappa shape index (κ3) is 6.56. The van der Waals surface area contributed by atoms with Crippen LogP contribution in [0.25, 0.3) is 0 Å². The van der Waals surface area contributed by atoms with Crippen molar-refractivity contribution in [3.63, 3.8) is 0 Å². The largest absolute Gasteiger partial charge is 0.456 e. The van der Waals surface area contributed by atoms with Crippen LogP contribution in [0.4, 0.5) is 33.3 Å². The van der Waals surface area contributed by atoms with E-state index >= 15 is 0 Å². The Balaban J connectivity index is 1.97. The summed E-state index contributed by atoms with van der Waals surface area (Å²) < 4.78 is 73.1. The minimum atomic E-state index is -4.75. The monoisotopic (exact) mass is 506 g/mol. The Morgan fingerprint density at radius 2 is 1.67 bits per heavy atom. The first-order chi connectivity index (χ1) is 16.8. The van der Waals surface area contributed by atoms with Crippen LogP contribution in [0.1, 0.15) is 28.4 Å². The number of carbonyl (C=O) groups is 2. The Kier molecular flexibility index (Phi) is 7.56. The van der Waals surface area contributed by atoms with Crippen LogP contribution in [-0.4, -0.2) is 17.8 Å². The van der Waals surface area contributed by atoms with Crippen LogP contribution in [0.5, 0.6) is 11.5 Å². The lowest BCUT2D eigenvalue weighted by molar-refractivity contribution is -0.137. The molecule has 36 heavy (non-hydrogen) atoms. The van der Waals surface area contributed by atoms with Crippen molar-refractivity contribution < 1.29 is 36.3 Å². The molecule has 3 aromatic carbocycles. The molecule has 0 fully saturated rings. The molecule has 0 aliphatic heterocycles. The van der Waals surface area contributed by atoms with Crippen LogP contribution in [0.2, 0.25) is 0 Å². The van der Waals surface area contributed by atoms with Crippen molar-refractivity contribution in [3.8, 4) is 11.5 Å². The summed E-state index contributed by atoms with van der Waals surface area (Å²) in [5.41, 5.74) is 3.88. The molecule has 12 heteroatoms. The van der Waals surface area contributed by atoms with Gasteiger partial charge in [-0.1, -0.05) is 0 Å². The number of carbonyl (C=O) groups excluding carboxylic acids is 2. The van der Waals surface area contributed by atoms with Crippen molar-refractivity contribution in [3.05, 3.63) is 82.9 Å². The van der Waals surface area contributed by atoms with Gasteiger partial charge in [0.2, 0.25) is 11.9 Å². The molecule has 0 saturated carbocycles. The number of nitrogens with zero attached hydrogens (tertiary/aromatic N) is 1. The summed E-state index contributed by atoms with van der Waals surface area (Å²) in [5, 5.41) is 4.51. The average molecular weight is 506 g/mol. The normalized spacial score (nSPS) is 11.7. The van der Waals surface area contributed by atoms with E-state index in [-0.39, 0.29) is 22.9 Å². The molecule has 0 aliphatic rings. The number of hydrogen-bond donors (Lipinski definition) is 3. The number of nitrogens with one attached hydrogen (secondary N) is 2. The van der Waals surface area contributed by atoms with Crippen molar-refractivity contribution in [2.45, 2.75) is 20.0 Å². The molecule has 0 spiro atoms. The minimum absolute atomic E-state index is 0.0305. The van der Waals surface area contributed by atoms with Gasteiger partial charge in [-0.05, 0) is 67.1 Å². The molecule has 0 heterocycles. The zero-order valence-corrected chi connectivity index (χ0v) is 18.8. The van der Waals surface area contributed by atoms with Gasteiger partial charge < -0.3 is 15.8 Å². The lowest BCUT2D eigenvalue weighted by Gasteiger charge is -2.16. The summed E-state index contributed by atoms with van der Waals surface area (Å²) in [7, 11) is 0. The lowest BCUT2D eigenvalue weighted by atomic mass is 10.1. The fraction of sp³-hybridized carbons (Fsp3) is 0.125. The highest BCUT2D eigenvalue weighted by molar-refractivity contribution is 6.06. The highest BCUT2D eigenvalue weighted by Gasteiger charge is 2.32. The van der Waals surface area contributed by atoms with E-state index in [0.29, 0.717) is 11.6 Å². The van der Waals surface area contributed by atoms with Crippen LogP contribution in [-0.2, 0) is 11.0 Å². The van der Waals surface area contributed by atoms with Crippen molar-refractivity contribution >= 4 is 29.1 Å². The van der Waals surface area contributed by atoms with E-state index in [9.17, 15) is 31.5 Å². The van der Waals surface area contributed by atoms with E-state index in [1.807, 2.05) is 0 Å². The molecule has 4 N–H and O–H groups in total. The van der Waals surface area contributed by atoms with Gasteiger partial charge in [0.1, 0.15) is 28.8 Å². The number of ether oxygens (including phenoxy) is 1. The summed E-state index contributed by atoms with van der Waals surface area (Å²) in [6.07, 6.45) is -4.75. The number of alkyl halides is 3. The molecular formula is C24H19F5N4O3. The van der Waals surface area contributed by atoms with Crippen LogP contribution < -0.4 is 21.1 Å². The molecule has 3 rings (SSSR count). The molecule has 0 saturated heterocycles. The standard InChI is InChI=1S/C24H19F5N4O3/c1-12-9-15(25)4-8-20(12)36-21-7-3-14(24(27,28)29)10-17(21)22(35)32-16-5-6-18(26)19(11-16)33-23(30)31-13(2)34/h3-11H,1-2H3,(H,32,35)(H3,30,31,33,34). The van der Waals surface area contributed by atoms with Gasteiger partial charge in [-0.2, -0.15) is 13.2 Å². The second-order valence-electron chi connectivity index (χ2n) is 7.52. The van der Waals surface area contributed by atoms with Crippen molar-refractivity contribution in [1.82, 2.24) is 5.32 Å². The number of aliphatic imine (C=N–C) groups is 1. The zero-order chi connectivity index (χ0) is 26.6. The first-order valence-corrected chi connectivity index (χ1v) is 10.2. The Morgan fingerprint density at radius 1 is 0.972 bits per heavy atom. The summed E-state index contributed by atoms with van der Waals surface area (Å²) in [4.78, 5) is 27.7. The Morgan fingerprint density at radius 3 is 2.31 bits per heavy atom. The first-order valence-electron chi connectivity index (χ1n) is 10.2. The summed E-state index contributed by atoms with van der Waals surface area (Å²) >= 11 is 0. The van der Waals surface area contributed by atoms with E-state index in [1.165, 1.54) is 13.0 Å². The number of rotatable bonds is 5. The molecule has 0 aliphatic carbocycles. The van der Waals surface area contributed by atoms with Gasteiger partial charge >= 0.3 is 6.18 Å². The summed E-state index contributed by atoms with van der Waals surface area (Å²) in [6.45, 7) is 2.69. The third-order valence-corrected chi connectivity index (χ3v) is 4.66. The fourth-order valence-electron chi connectivity index (χ4n) is 3.03. The van der Waals surface area contributed by atoms with Gasteiger partial charge in [0.25, 0.3) is 5.91 Å². The second kappa shape index (κ2) is 10.4. The molecule has 0 unspecified atom stereocenters. The van der Waals surface area contributed by atoms with Crippen LogP contribution in [0, 0.1) is 18.6 Å². The molecule has 0 radical (unpaired) electrons. The molecule has 0 bridgehead atoms. The third-order valence-electron chi connectivity index (χ3n) is 4.66. The molecule has 0 aromatic heterocycles. The SMILES string of the molecule is CC(=O)NC(N)=Nc1cc(NC(=O)c2cc(C(F)(F)F)ccc2Oc2ccc(F)cc2C)ccc1F. The Labute approximate surface area is 201 Å². The number of nitrogens with two attached hydrogens (primary N) is 1. The smallest absolute Gasteiger partial charge is 0.416 e. The highest BCUT2D eigenvalue weighted by Crippen LogP contribution is 2.35. The van der Waals surface area contributed by atoms with Crippen LogP contribution in [0.15, 0.2) is 59.6 Å². The molecule has 7 nitrogen and oxygen atoms in total. The Hall–Kier alpha value is -4.48. The molecule has 2 amide bonds. The van der Waals surface area contributed by atoms with E-state index < -0.39 is 46.7 Å². The summed E-state index contributed by atoms with van der Waals surface area (Å²) in [5.74, 6) is -3.45. The minimum Gasteiger partial charge on any atom is -0.456 e. The fourth-order valence-corrected chi connectivity index (χ4v) is 3.03. The summed E-state index contributed by atoms with van der Waals surface area (Å²) in [6, 6.07) is 9.00. The number of hydrogen-bond acceptors (Lipinski definition) is 4. The number of aryl methyl sites for hydroxylation is 1. The molecule has 0 atom stereocenters. The zero-order valence-electron chi connectivity index (χ0n) is 18.8. The number of halogens is 5. The van der Waals surface area contributed by atoms with Gasteiger partial charge in [0, 0.05) is 12.6 Å².